The van der Waals surface area contributed by atoms with E-state index in [0.29, 0.717) is 33.1 Å². The van der Waals surface area contributed by atoms with Gasteiger partial charge in [-0.15, -0.1) is 0 Å². The predicted octanol–water partition coefficient (Wildman–Crippen LogP) is 4.33. The molecule has 1 unspecified atom stereocenters. The first-order valence-electron chi connectivity index (χ1n) is 8.81. The van der Waals surface area contributed by atoms with Crippen LogP contribution in [0.2, 0.25) is 15.1 Å². The smallest absolute Gasteiger partial charge is 0.238 e. The summed E-state index contributed by atoms with van der Waals surface area (Å²) in [6.07, 6.45) is 3.07. The van der Waals surface area contributed by atoms with Crippen LogP contribution in [0.25, 0.3) is 0 Å². The summed E-state index contributed by atoms with van der Waals surface area (Å²) in [7, 11) is 0. The molecule has 0 aliphatic carbocycles. The monoisotopic (exact) mass is 440 g/mol. The Balaban J connectivity index is 1.54. The molecule has 2 aromatic rings. The highest BCUT2D eigenvalue weighted by atomic mass is 35.5. The zero-order valence-corrected chi connectivity index (χ0v) is 17.2. The number of rotatable bonds is 5. The second-order valence-electron chi connectivity index (χ2n) is 6.57. The number of anilines is 2. The summed E-state index contributed by atoms with van der Waals surface area (Å²) in [5.74, 6) is -0.0731. The Bertz CT molecular complexity index is 861. The van der Waals surface area contributed by atoms with E-state index in [0.717, 1.165) is 19.4 Å². The molecular formula is C19H19Cl3N4O2. The van der Waals surface area contributed by atoms with E-state index in [-0.39, 0.29) is 24.3 Å². The fraction of sp³-hybridized carbons (Fsp3) is 0.316. The minimum absolute atomic E-state index is 0.113. The maximum absolute atomic E-state index is 12.5. The summed E-state index contributed by atoms with van der Waals surface area (Å²) in [6, 6.07) is 8.39. The molecule has 2 amide bonds. The van der Waals surface area contributed by atoms with Crippen molar-refractivity contribution in [2.24, 2.45) is 5.92 Å². The summed E-state index contributed by atoms with van der Waals surface area (Å²) in [5.41, 5.74) is 0.472. The second kappa shape index (κ2) is 9.56. The van der Waals surface area contributed by atoms with Crippen LogP contribution < -0.4 is 10.6 Å². The SMILES string of the molecule is O=C(CN1CCCC(C(=O)Nc2ccc(Cl)cn2)C1)Nc1cccc(Cl)c1Cl. The topological polar surface area (TPSA) is 74.3 Å². The van der Waals surface area contributed by atoms with Crippen molar-refractivity contribution in [2.75, 3.05) is 30.3 Å². The summed E-state index contributed by atoms with van der Waals surface area (Å²) < 4.78 is 0. The molecule has 1 aliphatic heterocycles. The lowest BCUT2D eigenvalue weighted by Gasteiger charge is -2.31. The van der Waals surface area contributed by atoms with Gasteiger partial charge in [-0.3, -0.25) is 14.5 Å². The molecule has 3 rings (SSSR count). The first-order valence-corrected chi connectivity index (χ1v) is 9.94. The average molecular weight is 442 g/mol. The van der Waals surface area contributed by atoms with Crippen molar-refractivity contribution in [3.05, 3.63) is 51.6 Å². The van der Waals surface area contributed by atoms with E-state index < -0.39 is 0 Å². The van der Waals surface area contributed by atoms with E-state index in [4.69, 9.17) is 34.8 Å². The van der Waals surface area contributed by atoms with Crippen molar-refractivity contribution in [3.8, 4) is 0 Å². The van der Waals surface area contributed by atoms with Gasteiger partial charge in [0, 0.05) is 12.7 Å². The Morgan fingerprint density at radius 2 is 1.96 bits per heavy atom. The number of benzene rings is 1. The molecule has 1 aromatic heterocycles. The molecule has 1 fully saturated rings. The van der Waals surface area contributed by atoms with E-state index in [9.17, 15) is 9.59 Å². The Hall–Kier alpha value is -1.86. The normalized spacial score (nSPS) is 17.2. The fourth-order valence-corrected chi connectivity index (χ4v) is 3.54. The maximum atomic E-state index is 12.5. The third-order valence-electron chi connectivity index (χ3n) is 4.45. The molecule has 28 heavy (non-hydrogen) atoms. The highest BCUT2D eigenvalue weighted by molar-refractivity contribution is 6.44. The van der Waals surface area contributed by atoms with Gasteiger partial charge in [-0.2, -0.15) is 0 Å². The highest BCUT2D eigenvalue weighted by Gasteiger charge is 2.27. The van der Waals surface area contributed by atoms with Crippen LogP contribution in [0.4, 0.5) is 11.5 Å². The van der Waals surface area contributed by atoms with Crippen LogP contribution in [-0.4, -0.2) is 41.3 Å². The minimum Gasteiger partial charge on any atom is -0.324 e. The van der Waals surface area contributed by atoms with Gasteiger partial charge in [0.2, 0.25) is 11.8 Å². The lowest BCUT2D eigenvalue weighted by Crippen LogP contribution is -2.44. The molecule has 6 nitrogen and oxygen atoms in total. The van der Waals surface area contributed by atoms with Gasteiger partial charge in [0.1, 0.15) is 5.82 Å². The van der Waals surface area contributed by atoms with Crippen LogP contribution in [0.1, 0.15) is 12.8 Å². The Labute approximate surface area is 178 Å². The van der Waals surface area contributed by atoms with Crippen molar-refractivity contribution >= 4 is 58.1 Å². The number of carbonyl (C=O) groups excluding carboxylic acids is 2. The maximum Gasteiger partial charge on any atom is 0.238 e. The summed E-state index contributed by atoms with van der Waals surface area (Å²) in [5, 5.41) is 6.76. The molecule has 1 atom stereocenters. The summed E-state index contributed by atoms with van der Waals surface area (Å²) in [4.78, 5) is 30.9. The lowest BCUT2D eigenvalue weighted by molar-refractivity contribution is -0.123. The standard InChI is InChI=1S/C19H19Cl3N4O2/c20-13-6-7-16(23-9-13)25-19(28)12-3-2-8-26(10-12)11-17(27)24-15-5-1-4-14(21)18(15)22/h1,4-7,9,12H,2-3,8,10-11H2,(H,24,27)(H,23,25,28). The van der Waals surface area contributed by atoms with Gasteiger partial charge in [-0.05, 0) is 43.7 Å². The predicted molar refractivity (Wildman–Crippen MR) is 112 cm³/mol. The van der Waals surface area contributed by atoms with Gasteiger partial charge in [0.25, 0.3) is 0 Å². The Morgan fingerprint density at radius 1 is 1.14 bits per heavy atom. The third kappa shape index (κ3) is 5.58. The number of hydrogen-bond donors (Lipinski definition) is 2. The van der Waals surface area contributed by atoms with Gasteiger partial charge in [-0.1, -0.05) is 40.9 Å². The van der Waals surface area contributed by atoms with Gasteiger partial charge >= 0.3 is 0 Å². The van der Waals surface area contributed by atoms with E-state index in [2.05, 4.69) is 15.6 Å². The van der Waals surface area contributed by atoms with Crippen molar-refractivity contribution in [1.29, 1.82) is 0 Å². The molecule has 2 heterocycles. The number of carbonyl (C=O) groups is 2. The van der Waals surface area contributed by atoms with Crippen LogP contribution in [0.15, 0.2) is 36.5 Å². The Morgan fingerprint density at radius 3 is 2.71 bits per heavy atom. The van der Waals surface area contributed by atoms with Gasteiger partial charge in [-0.25, -0.2) is 4.98 Å². The quantitative estimate of drug-likeness (QED) is 0.724. The molecule has 1 aromatic carbocycles. The highest BCUT2D eigenvalue weighted by Crippen LogP contribution is 2.29. The van der Waals surface area contributed by atoms with Crippen LogP contribution in [0.3, 0.4) is 0 Å². The van der Waals surface area contributed by atoms with Crippen molar-refractivity contribution in [3.63, 3.8) is 0 Å². The largest absolute Gasteiger partial charge is 0.324 e. The van der Waals surface area contributed by atoms with E-state index in [1.54, 1.807) is 30.3 Å². The van der Waals surface area contributed by atoms with Crippen LogP contribution in [0, 0.1) is 5.92 Å². The molecule has 9 heteroatoms. The first-order chi connectivity index (χ1) is 13.4. The molecule has 0 radical (unpaired) electrons. The molecule has 0 spiro atoms. The molecule has 1 saturated heterocycles. The van der Waals surface area contributed by atoms with Crippen molar-refractivity contribution < 1.29 is 9.59 Å². The Kier molecular flexibility index (Phi) is 7.13. The number of piperidine rings is 1. The zero-order chi connectivity index (χ0) is 20.1. The number of likely N-dealkylation sites (tertiary alicyclic amines) is 1. The fourth-order valence-electron chi connectivity index (χ4n) is 3.08. The number of amides is 2. The van der Waals surface area contributed by atoms with E-state index in [1.165, 1.54) is 6.20 Å². The lowest BCUT2D eigenvalue weighted by atomic mass is 9.97. The number of hydrogen-bond acceptors (Lipinski definition) is 4. The number of nitrogens with zero attached hydrogens (tertiary/aromatic N) is 2. The van der Waals surface area contributed by atoms with Crippen LogP contribution in [0.5, 0.6) is 0 Å². The minimum atomic E-state index is -0.214. The molecule has 148 valence electrons. The van der Waals surface area contributed by atoms with Crippen molar-refractivity contribution in [2.45, 2.75) is 12.8 Å². The second-order valence-corrected chi connectivity index (χ2v) is 7.80. The number of nitrogens with one attached hydrogen (secondary N) is 2. The molecular weight excluding hydrogens is 423 g/mol. The number of pyridine rings is 1. The summed E-state index contributed by atoms with van der Waals surface area (Å²) in [6.45, 7) is 1.42. The summed E-state index contributed by atoms with van der Waals surface area (Å²) >= 11 is 17.9. The molecule has 0 saturated carbocycles. The average Bonchev–Trinajstić information content (AvgIpc) is 2.67. The van der Waals surface area contributed by atoms with Gasteiger partial charge < -0.3 is 10.6 Å². The zero-order valence-electron chi connectivity index (χ0n) is 14.9. The third-order valence-corrected chi connectivity index (χ3v) is 5.49. The van der Waals surface area contributed by atoms with E-state index in [1.807, 2.05) is 4.90 Å². The van der Waals surface area contributed by atoms with Gasteiger partial charge in [0.15, 0.2) is 0 Å². The van der Waals surface area contributed by atoms with Crippen LogP contribution in [-0.2, 0) is 9.59 Å². The van der Waals surface area contributed by atoms with E-state index >= 15 is 0 Å². The van der Waals surface area contributed by atoms with Crippen LogP contribution >= 0.6 is 34.8 Å². The molecule has 1 aliphatic rings. The number of aromatic nitrogens is 1. The first kappa shape index (κ1) is 20.9. The number of halogens is 3. The molecule has 0 bridgehead atoms. The van der Waals surface area contributed by atoms with Gasteiger partial charge in [0.05, 0.1) is 33.2 Å². The molecule has 2 N–H and O–H groups in total. The van der Waals surface area contributed by atoms with Crippen molar-refractivity contribution in [1.82, 2.24) is 9.88 Å².